The van der Waals surface area contributed by atoms with Gasteiger partial charge in [-0.2, -0.15) is 4.68 Å². The SMILES string of the molecule is CCC(Sc1nnnn1-c1ccccc1)C(=O)Nc1cccc(C(C)=O)c1. The van der Waals surface area contributed by atoms with Gasteiger partial charge in [-0.25, -0.2) is 0 Å². The summed E-state index contributed by atoms with van der Waals surface area (Å²) in [7, 11) is 0. The largest absolute Gasteiger partial charge is 0.325 e. The molecule has 1 unspecified atom stereocenters. The lowest BCUT2D eigenvalue weighted by molar-refractivity contribution is -0.115. The highest BCUT2D eigenvalue weighted by Crippen LogP contribution is 2.26. The Hall–Kier alpha value is -3.00. The molecule has 8 heteroatoms. The summed E-state index contributed by atoms with van der Waals surface area (Å²) in [4.78, 5) is 24.2. The number of aromatic nitrogens is 4. The molecule has 0 aliphatic heterocycles. The fourth-order valence-corrected chi connectivity index (χ4v) is 3.38. The van der Waals surface area contributed by atoms with Crippen molar-refractivity contribution in [2.24, 2.45) is 0 Å². The lowest BCUT2D eigenvalue weighted by atomic mass is 10.1. The standard InChI is InChI=1S/C19H19N5O2S/c1-3-17(18(26)20-15-9-7-8-14(12-15)13(2)25)27-19-21-22-23-24(19)16-10-5-4-6-11-16/h4-12,17H,3H2,1-2H3,(H,20,26). The lowest BCUT2D eigenvalue weighted by Crippen LogP contribution is -2.25. The summed E-state index contributed by atoms with van der Waals surface area (Å²) in [6.07, 6.45) is 0.602. The van der Waals surface area contributed by atoms with E-state index in [1.54, 1.807) is 28.9 Å². The van der Waals surface area contributed by atoms with Crippen molar-refractivity contribution in [2.75, 3.05) is 5.32 Å². The Balaban J connectivity index is 1.75. The van der Waals surface area contributed by atoms with Gasteiger partial charge >= 0.3 is 0 Å². The summed E-state index contributed by atoms with van der Waals surface area (Å²) in [5, 5.41) is 14.8. The molecule has 27 heavy (non-hydrogen) atoms. The molecule has 0 radical (unpaired) electrons. The maximum absolute atomic E-state index is 12.7. The van der Waals surface area contributed by atoms with Crippen LogP contribution in [0, 0.1) is 0 Å². The third kappa shape index (κ3) is 4.59. The van der Waals surface area contributed by atoms with Gasteiger partial charge in [-0.15, -0.1) is 5.10 Å². The van der Waals surface area contributed by atoms with Gasteiger partial charge in [-0.3, -0.25) is 9.59 Å². The molecule has 0 fully saturated rings. The van der Waals surface area contributed by atoms with E-state index < -0.39 is 0 Å². The number of ketones is 1. The van der Waals surface area contributed by atoms with E-state index in [9.17, 15) is 9.59 Å². The van der Waals surface area contributed by atoms with Crippen LogP contribution in [0.15, 0.2) is 59.8 Å². The second-order valence-electron chi connectivity index (χ2n) is 5.85. The minimum atomic E-state index is -0.376. The average Bonchev–Trinajstić information content (AvgIpc) is 3.15. The topological polar surface area (TPSA) is 89.8 Å². The minimum Gasteiger partial charge on any atom is -0.325 e. The molecule has 1 amide bonds. The Bertz CT molecular complexity index is 942. The van der Waals surface area contributed by atoms with Gasteiger partial charge in [0.2, 0.25) is 11.1 Å². The van der Waals surface area contributed by atoms with E-state index in [0.29, 0.717) is 22.8 Å². The summed E-state index contributed by atoms with van der Waals surface area (Å²) >= 11 is 1.30. The second-order valence-corrected chi connectivity index (χ2v) is 7.02. The molecule has 3 aromatic rings. The maximum Gasteiger partial charge on any atom is 0.237 e. The first-order chi connectivity index (χ1) is 13.1. The molecule has 3 rings (SSSR count). The number of rotatable bonds is 7. The van der Waals surface area contributed by atoms with Crippen LogP contribution in [-0.2, 0) is 4.79 Å². The number of nitrogens with zero attached hydrogens (tertiary/aromatic N) is 4. The molecule has 0 spiro atoms. The van der Waals surface area contributed by atoms with E-state index in [1.807, 2.05) is 37.3 Å². The number of carbonyl (C=O) groups excluding carboxylic acids is 2. The first kappa shape index (κ1) is 18.8. The Labute approximate surface area is 161 Å². The van der Waals surface area contributed by atoms with Crippen LogP contribution in [0.5, 0.6) is 0 Å². The number of tetrazole rings is 1. The van der Waals surface area contributed by atoms with Gasteiger partial charge in [-0.05, 0) is 48.0 Å². The van der Waals surface area contributed by atoms with E-state index in [-0.39, 0.29) is 16.9 Å². The first-order valence-corrected chi connectivity index (χ1v) is 9.38. The Morgan fingerprint density at radius 1 is 1.15 bits per heavy atom. The van der Waals surface area contributed by atoms with Gasteiger partial charge in [0.25, 0.3) is 0 Å². The van der Waals surface area contributed by atoms with Crippen molar-refractivity contribution in [1.29, 1.82) is 0 Å². The summed E-state index contributed by atoms with van der Waals surface area (Å²) in [6, 6.07) is 16.4. The van der Waals surface area contributed by atoms with Gasteiger partial charge in [-0.1, -0.05) is 49.0 Å². The average molecular weight is 381 g/mol. The first-order valence-electron chi connectivity index (χ1n) is 8.50. The highest BCUT2D eigenvalue weighted by molar-refractivity contribution is 8.00. The smallest absolute Gasteiger partial charge is 0.237 e. The van der Waals surface area contributed by atoms with Crippen LogP contribution in [0.4, 0.5) is 5.69 Å². The van der Waals surface area contributed by atoms with Crippen molar-refractivity contribution in [3.05, 3.63) is 60.2 Å². The van der Waals surface area contributed by atoms with Gasteiger partial charge in [0.15, 0.2) is 5.78 Å². The number of hydrogen-bond donors (Lipinski definition) is 1. The van der Waals surface area contributed by atoms with Crippen molar-refractivity contribution >= 4 is 29.1 Å². The predicted molar refractivity (Wildman–Crippen MR) is 104 cm³/mol. The number of benzene rings is 2. The summed E-state index contributed by atoms with van der Waals surface area (Å²) < 4.78 is 1.61. The highest BCUT2D eigenvalue weighted by atomic mass is 32.2. The third-order valence-electron chi connectivity index (χ3n) is 3.89. The van der Waals surface area contributed by atoms with Crippen molar-refractivity contribution in [1.82, 2.24) is 20.2 Å². The quantitative estimate of drug-likeness (QED) is 0.498. The number of hydrogen-bond acceptors (Lipinski definition) is 6. The molecule has 1 atom stereocenters. The van der Waals surface area contributed by atoms with Gasteiger partial charge in [0.05, 0.1) is 10.9 Å². The second kappa shape index (κ2) is 8.59. The number of Topliss-reactive ketones (excluding diaryl/α,β-unsaturated/α-hetero) is 1. The number of thioether (sulfide) groups is 1. The van der Waals surface area contributed by atoms with Crippen LogP contribution in [0.1, 0.15) is 30.6 Å². The van der Waals surface area contributed by atoms with Gasteiger partial charge in [0.1, 0.15) is 0 Å². The summed E-state index contributed by atoms with van der Waals surface area (Å²) in [5.41, 5.74) is 1.98. The molecular formula is C19H19N5O2S. The molecular weight excluding hydrogens is 362 g/mol. The predicted octanol–water partition coefficient (Wildman–Crippen LogP) is 3.37. The normalized spacial score (nSPS) is 11.8. The molecule has 7 nitrogen and oxygen atoms in total. The van der Waals surface area contributed by atoms with Crippen LogP contribution >= 0.6 is 11.8 Å². The lowest BCUT2D eigenvalue weighted by Gasteiger charge is -2.14. The summed E-state index contributed by atoms with van der Waals surface area (Å²) in [5.74, 6) is -0.208. The van der Waals surface area contributed by atoms with Crippen molar-refractivity contribution in [3.63, 3.8) is 0 Å². The van der Waals surface area contributed by atoms with Crippen LogP contribution in [-0.4, -0.2) is 37.1 Å². The minimum absolute atomic E-state index is 0.0467. The molecule has 0 aliphatic carbocycles. The molecule has 1 heterocycles. The third-order valence-corrected chi connectivity index (χ3v) is 5.19. The molecule has 0 bridgehead atoms. The van der Waals surface area contributed by atoms with Gasteiger partial charge in [0, 0.05) is 11.3 Å². The zero-order valence-corrected chi connectivity index (χ0v) is 15.8. The highest BCUT2D eigenvalue weighted by Gasteiger charge is 2.22. The van der Waals surface area contributed by atoms with E-state index in [1.165, 1.54) is 18.7 Å². The maximum atomic E-state index is 12.7. The summed E-state index contributed by atoms with van der Waals surface area (Å²) in [6.45, 7) is 3.43. The number of amides is 1. The van der Waals surface area contributed by atoms with Gasteiger partial charge < -0.3 is 5.32 Å². The molecule has 1 aromatic heterocycles. The Morgan fingerprint density at radius 3 is 2.63 bits per heavy atom. The molecule has 2 aromatic carbocycles. The molecule has 1 N–H and O–H groups in total. The molecule has 0 saturated heterocycles. The Morgan fingerprint density at radius 2 is 1.93 bits per heavy atom. The van der Waals surface area contributed by atoms with Crippen LogP contribution in [0.3, 0.4) is 0 Å². The number of anilines is 1. The zero-order chi connectivity index (χ0) is 19.2. The number of carbonyl (C=O) groups is 2. The molecule has 0 saturated carbocycles. The van der Waals surface area contributed by atoms with E-state index in [2.05, 4.69) is 20.8 Å². The van der Waals surface area contributed by atoms with E-state index >= 15 is 0 Å². The molecule has 138 valence electrons. The van der Waals surface area contributed by atoms with Crippen LogP contribution in [0.2, 0.25) is 0 Å². The number of para-hydroxylation sites is 1. The fraction of sp³-hybridized carbons (Fsp3) is 0.211. The monoisotopic (exact) mass is 381 g/mol. The van der Waals surface area contributed by atoms with Crippen molar-refractivity contribution < 1.29 is 9.59 Å². The van der Waals surface area contributed by atoms with Crippen molar-refractivity contribution in [2.45, 2.75) is 30.7 Å². The van der Waals surface area contributed by atoms with E-state index in [0.717, 1.165) is 5.69 Å². The number of nitrogens with one attached hydrogen (secondary N) is 1. The van der Waals surface area contributed by atoms with E-state index in [4.69, 9.17) is 0 Å². The van der Waals surface area contributed by atoms with Crippen LogP contribution in [0.25, 0.3) is 5.69 Å². The van der Waals surface area contributed by atoms with Crippen molar-refractivity contribution in [3.8, 4) is 5.69 Å². The van der Waals surface area contributed by atoms with Crippen LogP contribution < -0.4 is 5.32 Å². The fourth-order valence-electron chi connectivity index (χ4n) is 2.47. The molecule has 0 aliphatic rings. The zero-order valence-electron chi connectivity index (χ0n) is 15.0. The Kier molecular flexibility index (Phi) is 5.97.